The third-order valence-corrected chi connectivity index (χ3v) is 6.17. The summed E-state index contributed by atoms with van der Waals surface area (Å²) in [4.78, 5) is 0. The minimum atomic E-state index is -1.54. The Morgan fingerprint density at radius 1 is 1.09 bits per heavy atom. The number of hydrogen-bond acceptors (Lipinski definition) is 0. The van der Waals surface area contributed by atoms with E-state index in [-0.39, 0.29) is 0 Å². The summed E-state index contributed by atoms with van der Waals surface area (Å²) in [7, 11) is 0. The SMILES string of the molecule is Cc1ccc[c]([Ge]([CH3])([CH3])[CH3])c1. The molecule has 0 heterocycles. The summed E-state index contributed by atoms with van der Waals surface area (Å²) in [5.74, 6) is 7.28. The first-order valence-electron chi connectivity index (χ1n) is 4.07. The second kappa shape index (κ2) is 3.02. The molecule has 0 bridgehead atoms. The van der Waals surface area contributed by atoms with Crippen LogP contribution in [0.5, 0.6) is 0 Å². The van der Waals surface area contributed by atoms with Gasteiger partial charge in [-0.3, -0.25) is 0 Å². The average Bonchev–Trinajstić information content (AvgIpc) is 1.86. The fourth-order valence-corrected chi connectivity index (χ4v) is 3.75. The van der Waals surface area contributed by atoms with E-state index in [2.05, 4.69) is 48.5 Å². The quantitative estimate of drug-likeness (QED) is 0.623. The predicted molar refractivity (Wildman–Crippen MR) is 54.2 cm³/mol. The van der Waals surface area contributed by atoms with Gasteiger partial charge < -0.3 is 0 Å². The van der Waals surface area contributed by atoms with Crippen LogP contribution in [0.2, 0.25) is 17.3 Å². The van der Waals surface area contributed by atoms with Crippen LogP contribution in [0.4, 0.5) is 0 Å². The van der Waals surface area contributed by atoms with E-state index in [4.69, 9.17) is 0 Å². The van der Waals surface area contributed by atoms with Crippen molar-refractivity contribution in [1.29, 1.82) is 0 Å². The van der Waals surface area contributed by atoms with Crippen molar-refractivity contribution in [3.8, 4) is 0 Å². The van der Waals surface area contributed by atoms with E-state index in [1.54, 1.807) is 4.40 Å². The second-order valence-electron chi connectivity index (χ2n) is 4.12. The zero-order valence-corrected chi connectivity index (χ0v) is 9.91. The molecule has 0 saturated heterocycles. The Morgan fingerprint density at radius 3 is 2.09 bits per heavy atom. The number of hydrogen-bond donors (Lipinski definition) is 0. The monoisotopic (exact) mass is 210 g/mol. The molecule has 0 radical (unpaired) electrons. The maximum absolute atomic E-state index is 2.43. The zero-order valence-electron chi connectivity index (χ0n) is 7.81. The summed E-state index contributed by atoms with van der Waals surface area (Å²) >= 11 is -1.54. The fraction of sp³-hybridized carbons (Fsp3) is 0.400. The van der Waals surface area contributed by atoms with E-state index in [1.165, 1.54) is 5.56 Å². The first-order chi connectivity index (χ1) is 5.00. The Kier molecular flexibility index (Phi) is 2.43. The van der Waals surface area contributed by atoms with Gasteiger partial charge in [0.1, 0.15) is 0 Å². The molecule has 1 aromatic rings. The third-order valence-electron chi connectivity index (χ3n) is 1.88. The Morgan fingerprint density at radius 2 is 1.73 bits per heavy atom. The number of rotatable bonds is 1. The molecule has 0 nitrogen and oxygen atoms in total. The molecule has 0 spiro atoms. The van der Waals surface area contributed by atoms with E-state index < -0.39 is 13.3 Å². The van der Waals surface area contributed by atoms with Crippen LogP contribution in [0.3, 0.4) is 0 Å². The average molecular weight is 209 g/mol. The van der Waals surface area contributed by atoms with Crippen LogP contribution in [0.25, 0.3) is 0 Å². The Hall–Kier alpha value is -0.237. The third kappa shape index (κ3) is 2.37. The first-order valence-corrected chi connectivity index (χ1v) is 11.4. The molecule has 0 unspecified atom stereocenters. The van der Waals surface area contributed by atoms with Gasteiger partial charge in [-0.05, 0) is 0 Å². The normalized spacial score (nSPS) is 11.6. The maximum atomic E-state index is 2.43. The summed E-state index contributed by atoms with van der Waals surface area (Å²) in [5, 5.41) is 0. The molecule has 1 aromatic carbocycles. The van der Waals surface area contributed by atoms with E-state index in [1.807, 2.05) is 0 Å². The summed E-state index contributed by atoms with van der Waals surface area (Å²) in [6.07, 6.45) is 0. The molecule has 0 saturated carbocycles. The van der Waals surface area contributed by atoms with Crippen LogP contribution in [-0.4, -0.2) is 13.3 Å². The molecule has 0 aliphatic carbocycles. The molecule has 60 valence electrons. The van der Waals surface area contributed by atoms with Crippen molar-refractivity contribution in [2.75, 3.05) is 0 Å². The zero-order chi connectivity index (χ0) is 8.48. The van der Waals surface area contributed by atoms with Gasteiger partial charge >= 0.3 is 71.7 Å². The van der Waals surface area contributed by atoms with E-state index >= 15 is 0 Å². The van der Waals surface area contributed by atoms with Gasteiger partial charge in [0.2, 0.25) is 0 Å². The summed E-state index contributed by atoms with van der Waals surface area (Å²) in [6, 6.07) is 8.94. The van der Waals surface area contributed by atoms with Crippen molar-refractivity contribution in [3.63, 3.8) is 0 Å². The van der Waals surface area contributed by atoms with Crippen LogP contribution in [-0.2, 0) is 0 Å². The van der Waals surface area contributed by atoms with Crippen molar-refractivity contribution in [3.05, 3.63) is 29.8 Å². The molecule has 0 aliphatic rings. The van der Waals surface area contributed by atoms with Gasteiger partial charge in [0.15, 0.2) is 0 Å². The summed E-state index contributed by atoms with van der Waals surface area (Å²) in [6.45, 7) is 2.16. The van der Waals surface area contributed by atoms with Crippen LogP contribution in [0.15, 0.2) is 24.3 Å². The van der Waals surface area contributed by atoms with Crippen molar-refractivity contribution in [2.45, 2.75) is 24.2 Å². The first kappa shape index (κ1) is 8.86. The Balaban J connectivity index is 3.06. The van der Waals surface area contributed by atoms with E-state index in [9.17, 15) is 0 Å². The molecule has 1 rings (SSSR count). The van der Waals surface area contributed by atoms with Gasteiger partial charge in [0.05, 0.1) is 0 Å². The molecule has 0 amide bonds. The Labute approximate surface area is 72.0 Å². The number of benzene rings is 1. The molecule has 0 aromatic heterocycles. The summed E-state index contributed by atoms with van der Waals surface area (Å²) in [5.41, 5.74) is 1.39. The van der Waals surface area contributed by atoms with Gasteiger partial charge in [-0.15, -0.1) is 0 Å². The predicted octanol–water partition coefficient (Wildman–Crippen LogP) is 2.54. The van der Waals surface area contributed by atoms with Crippen molar-refractivity contribution in [1.82, 2.24) is 0 Å². The molecular formula is C10H16Ge. The van der Waals surface area contributed by atoms with Crippen molar-refractivity contribution >= 4 is 17.7 Å². The molecule has 0 N–H and O–H groups in total. The standard InChI is InChI=1S/C10H16Ge/c1-9-6-5-7-10(8-9)11(2,3)4/h5-8H,1-4H3. The van der Waals surface area contributed by atoms with Gasteiger partial charge in [-0.1, -0.05) is 0 Å². The second-order valence-corrected chi connectivity index (χ2v) is 14.8. The van der Waals surface area contributed by atoms with Crippen molar-refractivity contribution in [2.24, 2.45) is 0 Å². The Bertz CT molecular complexity index is 245. The minimum absolute atomic E-state index is 1.39. The molecule has 0 atom stereocenters. The molecule has 0 aliphatic heterocycles. The molecule has 1 heteroatoms. The van der Waals surface area contributed by atoms with Gasteiger partial charge in [-0.25, -0.2) is 0 Å². The van der Waals surface area contributed by atoms with E-state index in [0.29, 0.717) is 0 Å². The van der Waals surface area contributed by atoms with Crippen LogP contribution in [0.1, 0.15) is 5.56 Å². The van der Waals surface area contributed by atoms with Crippen molar-refractivity contribution < 1.29 is 0 Å². The van der Waals surface area contributed by atoms with Gasteiger partial charge in [0.25, 0.3) is 0 Å². The molecule has 11 heavy (non-hydrogen) atoms. The van der Waals surface area contributed by atoms with Gasteiger partial charge in [0, 0.05) is 0 Å². The molecular weight excluding hydrogens is 193 g/mol. The van der Waals surface area contributed by atoms with Gasteiger partial charge in [-0.2, -0.15) is 0 Å². The summed E-state index contributed by atoms with van der Waals surface area (Å²) < 4.78 is 1.60. The molecule has 0 fully saturated rings. The fourth-order valence-electron chi connectivity index (χ4n) is 1.11. The number of aryl methyl sites for hydroxylation is 1. The topological polar surface area (TPSA) is 0 Å². The van der Waals surface area contributed by atoms with Crippen LogP contribution in [0, 0.1) is 6.92 Å². The van der Waals surface area contributed by atoms with Crippen LogP contribution < -0.4 is 4.40 Å². The van der Waals surface area contributed by atoms with E-state index in [0.717, 1.165) is 0 Å². The van der Waals surface area contributed by atoms with Crippen LogP contribution >= 0.6 is 0 Å².